The Bertz CT molecular complexity index is 1000. The molecule has 0 aromatic rings. The minimum absolute atomic E-state index is 0.141. The number of allylic oxidation sites excluding steroid dienone is 3. The number of esters is 2. The second-order valence-electron chi connectivity index (χ2n) is 11.6. The van der Waals surface area contributed by atoms with Crippen molar-refractivity contribution in [2.45, 2.75) is 135 Å². The van der Waals surface area contributed by atoms with Crippen LogP contribution in [0.25, 0.3) is 0 Å². The van der Waals surface area contributed by atoms with Crippen molar-refractivity contribution in [2.24, 2.45) is 5.92 Å². The van der Waals surface area contributed by atoms with E-state index in [1.165, 1.54) is 6.92 Å². The number of rotatable bonds is 9. The maximum Gasteiger partial charge on any atom is 0.329 e. The molecule has 0 aromatic heterocycles. The van der Waals surface area contributed by atoms with Gasteiger partial charge in [-0.2, -0.15) is 0 Å². The lowest BCUT2D eigenvalue weighted by Gasteiger charge is -2.27. The van der Waals surface area contributed by atoms with Gasteiger partial charge < -0.3 is 25.4 Å². The van der Waals surface area contributed by atoms with Gasteiger partial charge in [-0.05, 0) is 63.4 Å². The molecule has 2 fully saturated rings. The molecule has 5 atom stereocenters. The fourth-order valence-corrected chi connectivity index (χ4v) is 5.46. The number of hydrogen-bond acceptors (Lipinski definition) is 7. The molecule has 0 spiro atoms. The molecule has 228 valence electrons. The molecule has 2 aliphatic carbocycles. The molecule has 1 saturated carbocycles. The van der Waals surface area contributed by atoms with Crippen LogP contribution < -0.4 is 16.0 Å². The van der Waals surface area contributed by atoms with E-state index >= 15 is 0 Å². The predicted octanol–water partition coefficient (Wildman–Crippen LogP) is 3.54. The molecule has 41 heavy (non-hydrogen) atoms. The highest BCUT2D eigenvalue weighted by molar-refractivity contribution is 5.94. The molecular weight excluding hydrogens is 526 g/mol. The molecule has 10 nitrogen and oxygen atoms in total. The first-order valence-electron chi connectivity index (χ1n) is 15.3. The Labute approximate surface area is 243 Å². The average molecular weight is 574 g/mol. The Morgan fingerprint density at radius 3 is 2.46 bits per heavy atom. The van der Waals surface area contributed by atoms with Crippen molar-refractivity contribution in [3.63, 3.8) is 0 Å². The van der Waals surface area contributed by atoms with Crippen LogP contribution in [-0.4, -0.2) is 60.0 Å². The lowest BCUT2D eigenvalue weighted by atomic mass is 9.94. The van der Waals surface area contributed by atoms with Gasteiger partial charge in [0, 0.05) is 6.42 Å². The Balaban J connectivity index is 1.82. The van der Waals surface area contributed by atoms with Crippen molar-refractivity contribution in [3.8, 4) is 0 Å². The van der Waals surface area contributed by atoms with Gasteiger partial charge in [0.15, 0.2) is 0 Å². The van der Waals surface area contributed by atoms with Crippen LogP contribution in [0.15, 0.2) is 23.8 Å². The van der Waals surface area contributed by atoms with Crippen LogP contribution in [0.2, 0.25) is 0 Å². The SMILES string of the molecule is CCCC[C@H](C)[C@@H]1CC(=O)N[C@H](CC2=CCCC=C2)C(=O)N[C@H](C)C(=O)N[C@@H](CC(=O)OC2CCCCC2)C(=O)O1. The summed E-state index contributed by atoms with van der Waals surface area (Å²) in [5, 5.41) is 8.07. The van der Waals surface area contributed by atoms with Crippen LogP contribution in [0, 0.1) is 5.92 Å². The van der Waals surface area contributed by atoms with Crippen molar-refractivity contribution in [1.29, 1.82) is 0 Å². The van der Waals surface area contributed by atoms with Gasteiger partial charge in [0.2, 0.25) is 17.7 Å². The van der Waals surface area contributed by atoms with Gasteiger partial charge in [0.25, 0.3) is 0 Å². The maximum absolute atomic E-state index is 13.4. The molecule has 3 N–H and O–H groups in total. The largest absolute Gasteiger partial charge is 0.462 e. The lowest BCUT2D eigenvalue weighted by Crippen LogP contribution is -2.54. The van der Waals surface area contributed by atoms with Gasteiger partial charge >= 0.3 is 11.9 Å². The highest BCUT2D eigenvalue weighted by Gasteiger charge is 2.35. The number of cyclic esters (lactones) is 1. The van der Waals surface area contributed by atoms with Crippen molar-refractivity contribution in [2.75, 3.05) is 0 Å². The summed E-state index contributed by atoms with van der Waals surface area (Å²) < 4.78 is 11.4. The summed E-state index contributed by atoms with van der Waals surface area (Å²) in [5.41, 5.74) is 0.925. The molecule has 10 heteroatoms. The van der Waals surface area contributed by atoms with Gasteiger partial charge in [-0.3, -0.25) is 19.2 Å². The highest BCUT2D eigenvalue weighted by Crippen LogP contribution is 2.23. The third kappa shape index (κ3) is 10.6. The minimum atomic E-state index is -1.31. The van der Waals surface area contributed by atoms with Crippen molar-refractivity contribution >= 4 is 29.7 Å². The zero-order chi connectivity index (χ0) is 29.8. The topological polar surface area (TPSA) is 140 Å². The standard InChI is InChI=1S/C31H47N3O7/c1-4-5-12-20(2)26-19-27(35)33-24(17-22-13-8-6-9-14-22)30(38)32-21(3)29(37)34-25(31(39)41-26)18-28(36)40-23-15-10-7-11-16-23/h8,13-14,20-21,23-26H,4-7,9-12,15-19H2,1-3H3,(H,32,38)(H,33,35)(H,34,37)/t20-,21+,24+,25-,26-/m0/s1. The van der Waals surface area contributed by atoms with Gasteiger partial charge in [0.1, 0.15) is 30.3 Å². The smallest absolute Gasteiger partial charge is 0.329 e. The first-order valence-corrected chi connectivity index (χ1v) is 15.3. The van der Waals surface area contributed by atoms with E-state index in [1.807, 2.05) is 25.2 Å². The maximum atomic E-state index is 13.4. The van der Waals surface area contributed by atoms with Crippen molar-refractivity contribution in [1.82, 2.24) is 16.0 Å². The van der Waals surface area contributed by atoms with E-state index in [0.29, 0.717) is 0 Å². The number of carbonyl (C=O) groups excluding carboxylic acids is 5. The highest BCUT2D eigenvalue weighted by atomic mass is 16.6. The summed E-state index contributed by atoms with van der Waals surface area (Å²) >= 11 is 0. The van der Waals surface area contributed by atoms with Gasteiger partial charge in [-0.1, -0.05) is 51.3 Å². The second kappa shape index (κ2) is 16.3. The van der Waals surface area contributed by atoms with Crippen molar-refractivity contribution in [3.05, 3.63) is 23.8 Å². The van der Waals surface area contributed by atoms with E-state index in [4.69, 9.17) is 9.47 Å². The Hall–Kier alpha value is -3.17. The molecule has 1 aliphatic heterocycles. The number of amides is 3. The summed E-state index contributed by atoms with van der Waals surface area (Å²) in [6.07, 6.45) is 13.7. The molecule has 3 rings (SSSR count). The molecule has 0 bridgehead atoms. The number of nitrogens with one attached hydrogen (secondary N) is 3. The summed E-state index contributed by atoms with van der Waals surface area (Å²) in [6, 6.07) is -3.24. The van der Waals surface area contributed by atoms with Gasteiger partial charge in [0.05, 0.1) is 12.8 Å². The van der Waals surface area contributed by atoms with Gasteiger partial charge in [-0.15, -0.1) is 0 Å². The monoisotopic (exact) mass is 573 g/mol. The van der Waals surface area contributed by atoms with Crippen LogP contribution >= 0.6 is 0 Å². The van der Waals surface area contributed by atoms with E-state index in [9.17, 15) is 24.0 Å². The lowest BCUT2D eigenvalue weighted by molar-refractivity contribution is -0.162. The summed E-state index contributed by atoms with van der Waals surface area (Å²) in [6.45, 7) is 5.45. The molecular formula is C31H47N3O7. The zero-order valence-corrected chi connectivity index (χ0v) is 24.7. The molecule has 0 radical (unpaired) electrons. The summed E-state index contributed by atoms with van der Waals surface area (Å²) in [5.74, 6) is -3.12. The molecule has 1 heterocycles. The Morgan fingerprint density at radius 1 is 1.02 bits per heavy atom. The minimum Gasteiger partial charge on any atom is -0.462 e. The fourth-order valence-electron chi connectivity index (χ4n) is 5.46. The second-order valence-corrected chi connectivity index (χ2v) is 11.6. The molecule has 1 saturated heterocycles. The predicted molar refractivity (Wildman–Crippen MR) is 153 cm³/mol. The first-order chi connectivity index (χ1) is 19.7. The van der Waals surface area contributed by atoms with Crippen LogP contribution in [0.5, 0.6) is 0 Å². The quantitative estimate of drug-likeness (QED) is 0.359. The molecule has 0 unspecified atom stereocenters. The summed E-state index contributed by atoms with van der Waals surface area (Å²) in [4.78, 5) is 65.8. The van der Waals surface area contributed by atoms with Crippen LogP contribution in [0.1, 0.15) is 104 Å². The van der Waals surface area contributed by atoms with Crippen molar-refractivity contribution < 1.29 is 33.4 Å². The number of unbranched alkanes of at least 4 members (excludes halogenated alkanes) is 1. The van der Waals surface area contributed by atoms with E-state index < -0.39 is 60.3 Å². The fraction of sp³-hybridized carbons (Fsp3) is 0.710. The van der Waals surface area contributed by atoms with E-state index in [2.05, 4.69) is 22.9 Å². The zero-order valence-electron chi connectivity index (χ0n) is 24.7. The Morgan fingerprint density at radius 2 is 1.78 bits per heavy atom. The third-order valence-corrected chi connectivity index (χ3v) is 8.04. The van der Waals surface area contributed by atoms with E-state index in [0.717, 1.165) is 69.8 Å². The molecule has 3 amide bonds. The third-order valence-electron chi connectivity index (χ3n) is 8.04. The van der Waals surface area contributed by atoms with Crippen LogP contribution in [-0.2, 0) is 33.4 Å². The van der Waals surface area contributed by atoms with Gasteiger partial charge in [-0.25, -0.2) is 4.79 Å². The van der Waals surface area contributed by atoms with Crippen LogP contribution in [0.3, 0.4) is 0 Å². The number of carbonyl (C=O) groups is 5. The number of hydrogen-bond donors (Lipinski definition) is 3. The van der Waals surface area contributed by atoms with E-state index in [1.54, 1.807) is 0 Å². The first kappa shape index (κ1) is 32.3. The number of ether oxygens (including phenoxy) is 2. The van der Waals surface area contributed by atoms with Crippen LogP contribution in [0.4, 0.5) is 0 Å². The average Bonchev–Trinajstić information content (AvgIpc) is 2.95. The van der Waals surface area contributed by atoms with E-state index in [-0.39, 0.29) is 24.9 Å². The molecule has 0 aromatic carbocycles. The normalized spacial score (nSPS) is 27.5. The molecule has 3 aliphatic rings. The Kier molecular flexibility index (Phi) is 12.9. The summed E-state index contributed by atoms with van der Waals surface area (Å²) in [7, 11) is 0.